The Hall–Kier alpha value is -1.63. The molecule has 0 heterocycles. The highest BCUT2D eigenvalue weighted by Crippen LogP contribution is 2.17. The number of nitrogens with two attached hydrogens (primary N) is 1. The minimum atomic E-state index is -3.74. The highest BCUT2D eigenvalue weighted by molar-refractivity contribution is 7.89. The largest absolute Gasteiger partial charge is 0.396 e. The van der Waals surface area contributed by atoms with Crippen LogP contribution in [0.15, 0.2) is 47.4 Å². The summed E-state index contributed by atoms with van der Waals surface area (Å²) in [6, 6.07) is 10.0. The Labute approximate surface area is 121 Å². The fraction of sp³-hybridized carbons (Fsp3) is 0.0769. The second-order valence-corrected chi connectivity index (χ2v) is 6.34. The summed E-state index contributed by atoms with van der Waals surface area (Å²) in [5.41, 5.74) is 5.91. The lowest BCUT2D eigenvalue weighted by Crippen LogP contribution is -2.23. The van der Waals surface area contributed by atoms with E-state index in [0.29, 0.717) is 5.02 Å². The molecule has 0 atom stereocenters. The van der Waals surface area contributed by atoms with E-state index >= 15 is 0 Å². The molecule has 0 radical (unpaired) electrons. The summed E-state index contributed by atoms with van der Waals surface area (Å²) in [7, 11) is -3.74. The molecule has 3 N–H and O–H groups in total. The SMILES string of the molecule is Nc1cc(S(=O)(=O)NCc2ccc(Cl)cc2)ccc1F. The predicted molar refractivity (Wildman–Crippen MR) is 76.3 cm³/mol. The molecule has 20 heavy (non-hydrogen) atoms. The van der Waals surface area contributed by atoms with Gasteiger partial charge in [0.05, 0.1) is 10.6 Å². The van der Waals surface area contributed by atoms with Crippen molar-refractivity contribution in [3.8, 4) is 0 Å². The summed E-state index contributed by atoms with van der Waals surface area (Å²) in [4.78, 5) is -0.0784. The van der Waals surface area contributed by atoms with Crippen LogP contribution in [0.2, 0.25) is 5.02 Å². The summed E-state index contributed by atoms with van der Waals surface area (Å²) in [5.74, 6) is -0.651. The molecule has 0 bridgehead atoms. The number of anilines is 1. The molecule has 0 aliphatic carbocycles. The van der Waals surface area contributed by atoms with Crippen molar-refractivity contribution < 1.29 is 12.8 Å². The van der Waals surface area contributed by atoms with E-state index in [1.807, 2.05) is 0 Å². The number of nitrogen functional groups attached to an aromatic ring is 1. The van der Waals surface area contributed by atoms with Gasteiger partial charge in [0.25, 0.3) is 0 Å². The Balaban J connectivity index is 2.14. The Morgan fingerprint density at radius 3 is 2.40 bits per heavy atom. The Kier molecular flexibility index (Phi) is 4.27. The molecule has 0 saturated heterocycles. The zero-order chi connectivity index (χ0) is 14.8. The second-order valence-electron chi connectivity index (χ2n) is 4.13. The van der Waals surface area contributed by atoms with Crippen LogP contribution in [0.3, 0.4) is 0 Å². The predicted octanol–water partition coefficient (Wildman–Crippen LogP) is 2.54. The quantitative estimate of drug-likeness (QED) is 0.852. The van der Waals surface area contributed by atoms with Gasteiger partial charge in [-0.05, 0) is 35.9 Å². The molecule has 2 aromatic carbocycles. The smallest absolute Gasteiger partial charge is 0.240 e. The molecule has 0 spiro atoms. The van der Waals surface area contributed by atoms with Gasteiger partial charge >= 0.3 is 0 Å². The van der Waals surface area contributed by atoms with E-state index in [4.69, 9.17) is 17.3 Å². The molecule has 2 rings (SSSR count). The first-order valence-electron chi connectivity index (χ1n) is 5.67. The summed E-state index contributed by atoms with van der Waals surface area (Å²) < 4.78 is 39.5. The average molecular weight is 315 g/mol. The van der Waals surface area contributed by atoms with Gasteiger partial charge in [-0.1, -0.05) is 23.7 Å². The number of hydrogen-bond donors (Lipinski definition) is 2. The van der Waals surface area contributed by atoms with Crippen LogP contribution in [0.5, 0.6) is 0 Å². The van der Waals surface area contributed by atoms with Crippen LogP contribution in [-0.4, -0.2) is 8.42 Å². The molecule has 4 nitrogen and oxygen atoms in total. The number of nitrogens with one attached hydrogen (secondary N) is 1. The van der Waals surface area contributed by atoms with E-state index in [9.17, 15) is 12.8 Å². The van der Waals surface area contributed by atoms with Crippen LogP contribution in [0, 0.1) is 5.82 Å². The molecule has 2 aromatic rings. The van der Waals surface area contributed by atoms with E-state index in [1.165, 1.54) is 0 Å². The highest BCUT2D eigenvalue weighted by Gasteiger charge is 2.15. The van der Waals surface area contributed by atoms with Crippen molar-refractivity contribution in [2.75, 3.05) is 5.73 Å². The Bertz CT molecular complexity index is 718. The monoisotopic (exact) mass is 314 g/mol. The van der Waals surface area contributed by atoms with Gasteiger partial charge < -0.3 is 5.73 Å². The van der Waals surface area contributed by atoms with Gasteiger partial charge in [0, 0.05) is 11.6 Å². The molecular formula is C13H12ClFN2O2S. The molecule has 7 heteroatoms. The van der Waals surface area contributed by atoms with Gasteiger partial charge in [-0.25, -0.2) is 17.5 Å². The van der Waals surface area contributed by atoms with Gasteiger partial charge in [0.15, 0.2) is 0 Å². The summed E-state index contributed by atoms with van der Waals surface area (Å²) in [6.45, 7) is 0.108. The van der Waals surface area contributed by atoms with Crippen LogP contribution in [-0.2, 0) is 16.6 Å². The van der Waals surface area contributed by atoms with Crippen molar-refractivity contribution in [2.45, 2.75) is 11.4 Å². The van der Waals surface area contributed by atoms with Gasteiger partial charge in [-0.2, -0.15) is 0 Å². The first-order chi connectivity index (χ1) is 9.38. The van der Waals surface area contributed by atoms with Gasteiger partial charge in [-0.3, -0.25) is 0 Å². The van der Waals surface area contributed by atoms with Crippen molar-refractivity contribution in [1.29, 1.82) is 0 Å². The maximum Gasteiger partial charge on any atom is 0.240 e. The van der Waals surface area contributed by atoms with Gasteiger partial charge in [0.2, 0.25) is 10.0 Å². The van der Waals surface area contributed by atoms with Crippen molar-refractivity contribution in [3.63, 3.8) is 0 Å². The fourth-order valence-corrected chi connectivity index (χ4v) is 2.73. The van der Waals surface area contributed by atoms with Crippen LogP contribution in [0.4, 0.5) is 10.1 Å². The van der Waals surface area contributed by atoms with E-state index in [1.54, 1.807) is 24.3 Å². The molecule has 0 unspecified atom stereocenters. The van der Waals surface area contributed by atoms with Crippen molar-refractivity contribution >= 4 is 27.3 Å². The number of rotatable bonds is 4. The number of hydrogen-bond acceptors (Lipinski definition) is 3. The Morgan fingerprint density at radius 1 is 1.15 bits per heavy atom. The van der Waals surface area contributed by atoms with Gasteiger partial charge in [0.1, 0.15) is 5.82 Å². The third-order valence-corrected chi connectivity index (χ3v) is 4.31. The van der Waals surface area contributed by atoms with E-state index in [2.05, 4.69) is 4.72 Å². The van der Waals surface area contributed by atoms with Gasteiger partial charge in [-0.15, -0.1) is 0 Å². The van der Waals surface area contributed by atoms with Crippen molar-refractivity contribution in [2.24, 2.45) is 0 Å². The highest BCUT2D eigenvalue weighted by atomic mass is 35.5. The maximum atomic E-state index is 13.0. The zero-order valence-electron chi connectivity index (χ0n) is 10.3. The molecule has 0 aromatic heterocycles. The standard InChI is InChI=1S/C13H12ClFN2O2S/c14-10-3-1-9(2-4-10)8-17-20(18,19)11-5-6-12(15)13(16)7-11/h1-7,17H,8,16H2. The fourth-order valence-electron chi connectivity index (χ4n) is 1.55. The van der Waals surface area contributed by atoms with E-state index in [-0.39, 0.29) is 17.1 Å². The molecular weight excluding hydrogens is 303 g/mol. The summed E-state index contributed by atoms with van der Waals surface area (Å²) in [5, 5.41) is 0.572. The zero-order valence-corrected chi connectivity index (χ0v) is 11.9. The molecule has 0 aliphatic rings. The van der Waals surface area contributed by atoms with Crippen molar-refractivity contribution in [1.82, 2.24) is 4.72 Å². The average Bonchev–Trinajstić information content (AvgIpc) is 2.41. The lowest BCUT2D eigenvalue weighted by Gasteiger charge is -2.08. The van der Waals surface area contributed by atoms with Crippen molar-refractivity contribution in [3.05, 3.63) is 58.9 Å². The van der Waals surface area contributed by atoms with Crippen LogP contribution >= 0.6 is 11.6 Å². The van der Waals surface area contributed by atoms with Crippen LogP contribution in [0.1, 0.15) is 5.56 Å². The summed E-state index contributed by atoms with van der Waals surface area (Å²) >= 11 is 5.74. The van der Waals surface area contributed by atoms with Crippen LogP contribution in [0.25, 0.3) is 0 Å². The molecule has 0 fully saturated rings. The maximum absolute atomic E-state index is 13.0. The lowest BCUT2D eigenvalue weighted by atomic mass is 10.2. The molecule has 0 amide bonds. The number of sulfonamides is 1. The Morgan fingerprint density at radius 2 is 1.80 bits per heavy atom. The first kappa shape index (κ1) is 14.8. The third kappa shape index (κ3) is 3.47. The lowest BCUT2D eigenvalue weighted by molar-refractivity contribution is 0.580. The van der Waals surface area contributed by atoms with E-state index < -0.39 is 15.8 Å². The minimum absolute atomic E-state index is 0.0784. The topological polar surface area (TPSA) is 72.2 Å². The summed E-state index contributed by atoms with van der Waals surface area (Å²) in [6.07, 6.45) is 0. The number of halogens is 2. The first-order valence-corrected chi connectivity index (χ1v) is 7.54. The third-order valence-electron chi connectivity index (χ3n) is 2.66. The molecule has 0 saturated carbocycles. The molecule has 0 aliphatic heterocycles. The minimum Gasteiger partial charge on any atom is -0.396 e. The van der Waals surface area contributed by atoms with E-state index in [0.717, 1.165) is 23.8 Å². The normalized spacial score (nSPS) is 11.5. The second kappa shape index (κ2) is 5.78. The number of benzene rings is 2. The van der Waals surface area contributed by atoms with Crippen LogP contribution < -0.4 is 10.5 Å². The molecule has 106 valence electrons.